The van der Waals surface area contributed by atoms with E-state index in [2.05, 4.69) is 10.6 Å². The number of hydrogen-bond acceptors (Lipinski definition) is 10. The van der Waals surface area contributed by atoms with E-state index in [1.54, 1.807) is 19.2 Å². The van der Waals surface area contributed by atoms with Crippen molar-refractivity contribution in [3.8, 4) is 11.5 Å². The number of piperazine rings is 1. The number of alkyl carbamates (subject to hydrolysis) is 1. The van der Waals surface area contributed by atoms with Crippen LogP contribution in [0.3, 0.4) is 0 Å². The van der Waals surface area contributed by atoms with E-state index in [1.165, 1.54) is 22.8 Å². The van der Waals surface area contributed by atoms with Gasteiger partial charge in [-0.15, -0.1) is 0 Å². The van der Waals surface area contributed by atoms with Crippen molar-refractivity contribution in [3.63, 3.8) is 0 Å². The summed E-state index contributed by atoms with van der Waals surface area (Å²) < 4.78 is 35.5. The van der Waals surface area contributed by atoms with Crippen LogP contribution in [0.4, 0.5) is 25.4 Å². The molecule has 3 fully saturated rings. The van der Waals surface area contributed by atoms with E-state index in [4.69, 9.17) is 24.1 Å². The van der Waals surface area contributed by atoms with E-state index in [1.807, 2.05) is 29.2 Å². The van der Waals surface area contributed by atoms with Gasteiger partial charge in [-0.3, -0.25) is 14.5 Å². The van der Waals surface area contributed by atoms with Crippen LogP contribution in [0.25, 0.3) is 0 Å². The van der Waals surface area contributed by atoms with Gasteiger partial charge < -0.3 is 44.5 Å². The van der Waals surface area contributed by atoms with Gasteiger partial charge in [0, 0.05) is 33.1 Å². The van der Waals surface area contributed by atoms with Crippen molar-refractivity contribution < 1.29 is 47.6 Å². The third-order valence-corrected chi connectivity index (χ3v) is 7.05. The summed E-state index contributed by atoms with van der Waals surface area (Å²) >= 11 is 0. The predicted molar refractivity (Wildman–Crippen MR) is 155 cm³/mol. The quantitative estimate of drug-likeness (QED) is 0.372. The Kier molecular flexibility index (Phi) is 11.0. The first kappa shape index (κ1) is 32.1. The van der Waals surface area contributed by atoms with Crippen LogP contribution < -0.4 is 29.9 Å². The molecule has 0 radical (unpaired) electrons. The summed E-state index contributed by atoms with van der Waals surface area (Å²) in [5.74, 6) is 0.285. The van der Waals surface area contributed by atoms with E-state index in [0.717, 1.165) is 0 Å². The van der Waals surface area contributed by atoms with E-state index in [0.29, 0.717) is 62.2 Å². The van der Waals surface area contributed by atoms with E-state index < -0.39 is 30.7 Å². The number of ether oxygens (including phenoxy) is 4. The predicted octanol–water partition coefficient (Wildman–Crippen LogP) is 1.11. The number of nitrogens with zero attached hydrogens (tertiary/aromatic N) is 3. The average Bonchev–Trinajstić information content (AvgIpc) is 3.63. The third-order valence-electron chi connectivity index (χ3n) is 7.05. The van der Waals surface area contributed by atoms with Gasteiger partial charge in [-0.05, 0) is 30.3 Å². The average molecular weight is 618 g/mol. The molecule has 3 aliphatic rings. The van der Waals surface area contributed by atoms with Crippen LogP contribution in [0.15, 0.2) is 42.5 Å². The number of hydrogen-bond donors (Lipinski definition) is 3. The van der Waals surface area contributed by atoms with Crippen LogP contribution in [0, 0.1) is 5.82 Å². The molecular formula is C29H36FN5O9. The minimum absolute atomic E-state index is 0.203. The number of carbonyl (C=O) groups excluding carboxylic acids is 4. The third kappa shape index (κ3) is 8.40. The lowest BCUT2D eigenvalue weighted by Crippen LogP contribution is -2.49. The summed E-state index contributed by atoms with van der Waals surface area (Å²) in [6, 6.07) is 11.9. The lowest BCUT2D eigenvalue weighted by molar-refractivity contribution is -0.134. The highest BCUT2D eigenvalue weighted by Crippen LogP contribution is 2.29. The monoisotopic (exact) mass is 617 g/mol. The van der Waals surface area contributed by atoms with Crippen LogP contribution in [-0.4, -0.2) is 112 Å². The van der Waals surface area contributed by atoms with Crippen LogP contribution in [0.2, 0.25) is 0 Å². The Hall–Kier alpha value is -4.79. The standard InChI is InChI=1S/C18H23FN4O5.C11H13NO4/c1-12(25)20-9-14-10-23(18(27)28-14)13-2-3-16(15(19)8-13)21-4-6-22(7-5-21)17(26)11-24;1-14-9-4-2-3-5-10(9)15-7-8-6-12-11(13)16-8/h2-3,8,14,24H,4-7,9-11H2,1H3,(H,20,25);2-5,8H,6-7H2,1H3,(H,12,13)/t14-;/m0./s1. The van der Waals surface area contributed by atoms with Crippen LogP contribution >= 0.6 is 0 Å². The number of para-hydroxylation sites is 2. The second kappa shape index (κ2) is 15.1. The minimum atomic E-state index is -0.585. The highest BCUT2D eigenvalue weighted by molar-refractivity contribution is 5.90. The van der Waals surface area contributed by atoms with Crippen LogP contribution in [-0.2, 0) is 19.1 Å². The number of carbonyl (C=O) groups is 4. The molecule has 5 rings (SSSR count). The fraction of sp³-hybridized carbons (Fsp3) is 0.448. The highest BCUT2D eigenvalue weighted by Gasteiger charge is 2.33. The molecule has 3 aliphatic heterocycles. The first-order chi connectivity index (χ1) is 21.2. The number of nitrogens with one attached hydrogen (secondary N) is 2. The van der Waals surface area contributed by atoms with E-state index >= 15 is 0 Å². The van der Waals surface area contributed by atoms with Crippen molar-refractivity contribution in [2.45, 2.75) is 19.1 Å². The summed E-state index contributed by atoms with van der Waals surface area (Å²) in [7, 11) is 1.58. The number of aliphatic hydroxyl groups is 1. The maximum Gasteiger partial charge on any atom is 0.414 e. The Bertz CT molecular complexity index is 1340. The van der Waals surface area contributed by atoms with Crippen molar-refractivity contribution in [1.82, 2.24) is 15.5 Å². The molecule has 15 heteroatoms. The Morgan fingerprint density at radius 2 is 1.80 bits per heavy atom. The molecule has 2 atom stereocenters. The zero-order valence-corrected chi connectivity index (χ0v) is 24.5. The Labute approximate surface area is 253 Å². The fourth-order valence-corrected chi connectivity index (χ4v) is 4.76. The Morgan fingerprint density at radius 1 is 1.07 bits per heavy atom. The van der Waals surface area contributed by atoms with Crippen molar-refractivity contribution in [1.29, 1.82) is 0 Å². The number of anilines is 2. The van der Waals surface area contributed by atoms with Gasteiger partial charge in [-0.2, -0.15) is 0 Å². The molecule has 0 bridgehead atoms. The molecule has 238 valence electrons. The summed E-state index contributed by atoms with van der Waals surface area (Å²) in [6.45, 7) is 3.79. The summed E-state index contributed by atoms with van der Waals surface area (Å²) in [4.78, 5) is 50.0. The summed E-state index contributed by atoms with van der Waals surface area (Å²) in [6.07, 6.45) is -1.71. The topological polar surface area (TPSA) is 159 Å². The van der Waals surface area contributed by atoms with Crippen molar-refractivity contribution in [2.24, 2.45) is 0 Å². The number of methoxy groups -OCH3 is 1. The van der Waals surface area contributed by atoms with E-state index in [-0.39, 0.29) is 31.0 Å². The van der Waals surface area contributed by atoms with Gasteiger partial charge in [-0.25, -0.2) is 14.0 Å². The van der Waals surface area contributed by atoms with Gasteiger partial charge >= 0.3 is 12.2 Å². The zero-order valence-electron chi connectivity index (χ0n) is 24.5. The molecular weight excluding hydrogens is 581 g/mol. The van der Waals surface area contributed by atoms with Crippen molar-refractivity contribution in [2.75, 3.05) is 75.9 Å². The minimum Gasteiger partial charge on any atom is -0.493 e. The number of cyclic esters (lactones) is 2. The van der Waals surface area contributed by atoms with Gasteiger partial charge in [0.2, 0.25) is 11.8 Å². The zero-order chi connectivity index (χ0) is 31.6. The van der Waals surface area contributed by atoms with Gasteiger partial charge in [0.1, 0.15) is 25.1 Å². The number of rotatable bonds is 9. The number of halogens is 1. The Morgan fingerprint density at radius 3 is 2.41 bits per heavy atom. The maximum absolute atomic E-state index is 14.7. The van der Waals surface area contributed by atoms with Gasteiger partial charge in [0.05, 0.1) is 38.1 Å². The van der Waals surface area contributed by atoms with E-state index in [9.17, 15) is 23.6 Å². The molecule has 14 nitrogen and oxygen atoms in total. The molecule has 3 saturated heterocycles. The molecule has 0 saturated carbocycles. The summed E-state index contributed by atoms with van der Waals surface area (Å²) in [5, 5.41) is 14.1. The normalized spacial score (nSPS) is 19.3. The molecule has 44 heavy (non-hydrogen) atoms. The fourth-order valence-electron chi connectivity index (χ4n) is 4.76. The first-order valence-electron chi connectivity index (χ1n) is 14.0. The molecule has 1 unspecified atom stereocenters. The van der Waals surface area contributed by atoms with Gasteiger partial charge in [0.15, 0.2) is 17.6 Å². The molecule has 0 aliphatic carbocycles. The smallest absolute Gasteiger partial charge is 0.414 e. The molecule has 2 aromatic carbocycles. The molecule has 0 aromatic heterocycles. The molecule has 0 spiro atoms. The number of amides is 4. The maximum atomic E-state index is 14.7. The second-order valence-corrected chi connectivity index (χ2v) is 10.1. The second-order valence-electron chi connectivity index (χ2n) is 10.1. The van der Waals surface area contributed by atoms with Crippen LogP contribution in [0.5, 0.6) is 11.5 Å². The first-order valence-corrected chi connectivity index (χ1v) is 14.0. The van der Waals surface area contributed by atoms with Gasteiger partial charge in [0.25, 0.3) is 0 Å². The Balaban J connectivity index is 0.000000233. The lowest BCUT2D eigenvalue weighted by atomic mass is 10.2. The van der Waals surface area contributed by atoms with Crippen molar-refractivity contribution in [3.05, 3.63) is 48.3 Å². The molecule has 3 N–H and O–H groups in total. The SMILES string of the molecule is CC(=O)NC[C@H]1CN(c2ccc(N3CCN(C(=O)CO)CC3)c(F)c2)C(=O)O1.COc1ccccc1OCC1CNC(=O)O1. The largest absolute Gasteiger partial charge is 0.493 e. The van der Waals surface area contributed by atoms with Crippen LogP contribution in [0.1, 0.15) is 6.92 Å². The number of aliphatic hydroxyl groups excluding tert-OH is 1. The molecule has 4 amide bonds. The highest BCUT2D eigenvalue weighted by atomic mass is 19.1. The molecule has 3 heterocycles. The van der Waals surface area contributed by atoms with Gasteiger partial charge in [-0.1, -0.05) is 12.1 Å². The summed E-state index contributed by atoms with van der Waals surface area (Å²) in [5.41, 5.74) is 0.771. The lowest BCUT2D eigenvalue weighted by Gasteiger charge is -2.36. The van der Waals surface area contributed by atoms with Crippen molar-refractivity contribution >= 4 is 35.4 Å². The number of benzene rings is 2. The molecule has 2 aromatic rings.